The first-order valence-electron chi connectivity index (χ1n) is 9.83. The number of halogens is 2. The third-order valence-corrected chi connectivity index (χ3v) is 6.62. The molecule has 0 spiro atoms. The van der Waals surface area contributed by atoms with Gasteiger partial charge in [-0.05, 0) is 38.0 Å². The molecule has 1 aliphatic heterocycles. The van der Waals surface area contributed by atoms with Crippen molar-refractivity contribution in [2.45, 2.75) is 31.7 Å². The molecule has 4 nitrogen and oxygen atoms in total. The van der Waals surface area contributed by atoms with Crippen LogP contribution in [0.15, 0.2) is 42.5 Å². The van der Waals surface area contributed by atoms with Gasteiger partial charge in [0.2, 0.25) is 5.91 Å². The topological polar surface area (TPSA) is 45.2 Å². The van der Waals surface area contributed by atoms with Gasteiger partial charge in [0.25, 0.3) is 0 Å². The zero-order valence-corrected chi connectivity index (χ0v) is 17.0. The van der Waals surface area contributed by atoms with Gasteiger partial charge in [-0.3, -0.25) is 4.79 Å². The molecular formula is C22H23F2N3OS. The Morgan fingerprint density at radius 3 is 2.93 bits per heavy atom. The Hall–Kier alpha value is -2.38. The van der Waals surface area contributed by atoms with E-state index < -0.39 is 11.6 Å². The number of aromatic nitrogens is 1. The molecule has 1 saturated heterocycles. The minimum Gasteiger partial charge on any atom is -0.341 e. The van der Waals surface area contributed by atoms with E-state index in [9.17, 15) is 13.6 Å². The molecule has 1 N–H and O–H groups in total. The Kier molecular flexibility index (Phi) is 5.87. The van der Waals surface area contributed by atoms with Crippen LogP contribution >= 0.6 is 11.3 Å². The fraction of sp³-hybridized carbons (Fsp3) is 0.364. The van der Waals surface area contributed by atoms with Crippen LogP contribution in [0.3, 0.4) is 0 Å². The summed E-state index contributed by atoms with van der Waals surface area (Å²) >= 11 is 1.70. The predicted octanol–water partition coefficient (Wildman–Crippen LogP) is 4.63. The number of nitrogens with zero attached hydrogens (tertiary/aromatic N) is 2. The lowest BCUT2D eigenvalue weighted by Gasteiger charge is -2.32. The number of fused-ring (bicyclic) bond motifs is 1. The summed E-state index contributed by atoms with van der Waals surface area (Å²) in [5.41, 5.74) is 1.36. The molecule has 1 amide bonds. The molecule has 1 aromatic heterocycles. The molecule has 7 heteroatoms. The first-order chi connectivity index (χ1) is 14.0. The van der Waals surface area contributed by atoms with Gasteiger partial charge in [-0.2, -0.15) is 0 Å². The van der Waals surface area contributed by atoms with E-state index in [1.54, 1.807) is 18.3 Å². The van der Waals surface area contributed by atoms with Gasteiger partial charge in [0.1, 0.15) is 11.6 Å². The number of carbonyl (C=O) groups is 1. The SMILES string of the molecule is C[C@H](NCC(=O)N1CCC[C@H](c2nc3ccccc3s2)C1)c1ccc(F)cc1F. The van der Waals surface area contributed by atoms with Crippen LogP contribution in [0.1, 0.15) is 42.3 Å². The molecule has 1 fully saturated rings. The zero-order chi connectivity index (χ0) is 20.4. The van der Waals surface area contributed by atoms with Gasteiger partial charge in [-0.25, -0.2) is 13.8 Å². The normalized spacial score (nSPS) is 18.2. The smallest absolute Gasteiger partial charge is 0.236 e. The monoisotopic (exact) mass is 415 g/mol. The summed E-state index contributed by atoms with van der Waals surface area (Å²) in [5, 5.41) is 4.15. The highest BCUT2D eigenvalue weighted by molar-refractivity contribution is 7.18. The van der Waals surface area contributed by atoms with E-state index in [4.69, 9.17) is 4.98 Å². The molecule has 2 atom stereocenters. The van der Waals surface area contributed by atoms with Crippen molar-refractivity contribution in [1.29, 1.82) is 0 Å². The second kappa shape index (κ2) is 8.55. The van der Waals surface area contributed by atoms with Crippen molar-refractivity contribution >= 4 is 27.5 Å². The van der Waals surface area contributed by atoms with E-state index >= 15 is 0 Å². The van der Waals surface area contributed by atoms with Crippen molar-refractivity contribution in [2.24, 2.45) is 0 Å². The Balaban J connectivity index is 1.37. The molecule has 0 bridgehead atoms. The standard InChI is InChI=1S/C22H23F2N3OS/c1-14(17-9-8-16(23)11-18(17)24)25-12-21(28)27-10-4-5-15(13-27)22-26-19-6-2-3-7-20(19)29-22/h2-3,6-9,11,14-15,25H,4-5,10,12-13H2,1H3/t14-,15-/m0/s1. The van der Waals surface area contributed by atoms with E-state index in [1.807, 2.05) is 23.1 Å². The molecule has 29 heavy (non-hydrogen) atoms. The number of rotatable bonds is 5. The highest BCUT2D eigenvalue weighted by Crippen LogP contribution is 2.33. The summed E-state index contributed by atoms with van der Waals surface area (Å²) < 4.78 is 28.2. The Bertz CT molecular complexity index is 989. The van der Waals surface area contributed by atoms with Crippen molar-refractivity contribution in [1.82, 2.24) is 15.2 Å². The van der Waals surface area contributed by atoms with Crippen LogP contribution in [0.4, 0.5) is 8.78 Å². The van der Waals surface area contributed by atoms with Crippen molar-refractivity contribution in [3.05, 3.63) is 64.7 Å². The summed E-state index contributed by atoms with van der Waals surface area (Å²) in [6.07, 6.45) is 1.96. The molecule has 0 aliphatic carbocycles. The quantitative estimate of drug-likeness (QED) is 0.661. The Labute approximate surface area is 172 Å². The zero-order valence-electron chi connectivity index (χ0n) is 16.2. The number of amides is 1. The number of hydrogen-bond acceptors (Lipinski definition) is 4. The van der Waals surface area contributed by atoms with Gasteiger partial charge < -0.3 is 10.2 Å². The molecule has 2 aromatic carbocycles. The summed E-state index contributed by atoms with van der Waals surface area (Å²) in [6, 6.07) is 11.2. The van der Waals surface area contributed by atoms with Crippen molar-refractivity contribution in [3.8, 4) is 0 Å². The van der Waals surface area contributed by atoms with E-state index in [0.717, 1.165) is 36.0 Å². The number of piperidine rings is 1. The van der Waals surface area contributed by atoms with Gasteiger partial charge >= 0.3 is 0 Å². The number of nitrogens with one attached hydrogen (secondary N) is 1. The van der Waals surface area contributed by atoms with Crippen LogP contribution in [-0.2, 0) is 4.79 Å². The fourth-order valence-electron chi connectivity index (χ4n) is 3.78. The second-order valence-corrected chi connectivity index (χ2v) is 8.53. The van der Waals surface area contributed by atoms with Gasteiger partial charge in [0.05, 0.1) is 21.8 Å². The summed E-state index contributed by atoms with van der Waals surface area (Å²) in [4.78, 5) is 19.3. The lowest BCUT2D eigenvalue weighted by molar-refractivity contribution is -0.131. The lowest BCUT2D eigenvalue weighted by Crippen LogP contribution is -2.43. The van der Waals surface area contributed by atoms with Crippen LogP contribution in [0.2, 0.25) is 0 Å². The van der Waals surface area contributed by atoms with Gasteiger partial charge in [-0.15, -0.1) is 11.3 Å². The van der Waals surface area contributed by atoms with Crippen LogP contribution < -0.4 is 5.32 Å². The second-order valence-electron chi connectivity index (χ2n) is 7.47. The average Bonchev–Trinajstić information content (AvgIpc) is 3.16. The van der Waals surface area contributed by atoms with E-state index in [-0.39, 0.29) is 24.4 Å². The summed E-state index contributed by atoms with van der Waals surface area (Å²) in [7, 11) is 0. The number of thiazole rings is 1. The van der Waals surface area contributed by atoms with E-state index in [1.165, 1.54) is 16.8 Å². The third kappa shape index (κ3) is 4.46. The minimum absolute atomic E-state index is 0.00909. The lowest BCUT2D eigenvalue weighted by atomic mass is 9.98. The number of para-hydroxylation sites is 1. The van der Waals surface area contributed by atoms with Crippen molar-refractivity contribution in [2.75, 3.05) is 19.6 Å². The number of hydrogen-bond donors (Lipinski definition) is 1. The molecule has 152 valence electrons. The minimum atomic E-state index is -0.608. The van der Waals surface area contributed by atoms with Crippen molar-refractivity contribution in [3.63, 3.8) is 0 Å². The van der Waals surface area contributed by atoms with Gasteiger partial charge in [-0.1, -0.05) is 18.2 Å². The van der Waals surface area contributed by atoms with Gasteiger partial charge in [0, 0.05) is 36.7 Å². The fourth-order valence-corrected chi connectivity index (χ4v) is 4.88. The van der Waals surface area contributed by atoms with Crippen LogP contribution in [0.5, 0.6) is 0 Å². The first-order valence-corrected chi connectivity index (χ1v) is 10.6. The molecule has 2 heterocycles. The van der Waals surface area contributed by atoms with Crippen LogP contribution in [0, 0.1) is 11.6 Å². The molecule has 0 saturated carbocycles. The molecular weight excluding hydrogens is 392 g/mol. The highest BCUT2D eigenvalue weighted by atomic mass is 32.1. The largest absolute Gasteiger partial charge is 0.341 e. The maximum absolute atomic E-state index is 13.9. The Morgan fingerprint density at radius 1 is 1.31 bits per heavy atom. The summed E-state index contributed by atoms with van der Waals surface area (Å²) in [5.74, 6) is -0.975. The molecule has 4 rings (SSSR count). The van der Waals surface area contributed by atoms with Crippen LogP contribution in [-0.4, -0.2) is 35.4 Å². The molecule has 0 radical (unpaired) electrons. The predicted molar refractivity (Wildman–Crippen MR) is 111 cm³/mol. The average molecular weight is 416 g/mol. The van der Waals surface area contributed by atoms with E-state index in [0.29, 0.717) is 12.1 Å². The highest BCUT2D eigenvalue weighted by Gasteiger charge is 2.27. The Morgan fingerprint density at radius 2 is 2.14 bits per heavy atom. The molecule has 0 unspecified atom stereocenters. The molecule has 1 aliphatic rings. The number of benzene rings is 2. The third-order valence-electron chi connectivity index (χ3n) is 5.42. The maximum Gasteiger partial charge on any atom is 0.236 e. The van der Waals surface area contributed by atoms with E-state index in [2.05, 4.69) is 11.4 Å². The summed E-state index contributed by atoms with van der Waals surface area (Å²) in [6.45, 7) is 3.26. The van der Waals surface area contributed by atoms with Crippen LogP contribution in [0.25, 0.3) is 10.2 Å². The van der Waals surface area contributed by atoms with Gasteiger partial charge in [0.15, 0.2) is 0 Å². The maximum atomic E-state index is 13.9. The molecule has 3 aromatic rings. The first kappa shape index (κ1) is 19.9. The van der Waals surface area contributed by atoms with Crippen molar-refractivity contribution < 1.29 is 13.6 Å². The number of carbonyl (C=O) groups excluding carboxylic acids is 1. The number of likely N-dealkylation sites (tertiary alicyclic amines) is 1.